The van der Waals surface area contributed by atoms with Crippen LogP contribution in [-0.2, 0) is 4.79 Å². The fourth-order valence-corrected chi connectivity index (χ4v) is 2.53. The lowest BCUT2D eigenvalue weighted by Gasteiger charge is -2.09. The maximum atomic E-state index is 10.8. The highest BCUT2D eigenvalue weighted by Crippen LogP contribution is 2.22. The largest absolute Gasteiger partial charge is 0.368 e. The maximum absolute atomic E-state index is 10.8. The highest BCUT2D eigenvalue weighted by Gasteiger charge is 2.27. The van der Waals surface area contributed by atoms with Crippen molar-refractivity contribution in [1.29, 1.82) is 0 Å². The van der Waals surface area contributed by atoms with Crippen molar-refractivity contribution in [2.24, 2.45) is 5.73 Å². The third kappa shape index (κ3) is 2.68. The highest BCUT2D eigenvalue weighted by atomic mass is 32.2. The summed E-state index contributed by atoms with van der Waals surface area (Å²) in [4.78, 5) is 10.8. The summed E-state index contributed by atoms with van der Waals surface area (Å²) in [5.41, 5.74) is 5.17. The van der Waals surface area contributed by atoms with Crippen molar-refractivity contribution in [3.8, 4) is 0 Å². The van der Waals surface area contributed by atoms with Gasteiger partial charge in [0.1, 0.15) is 0 Å². The van der Waals surface area contributed by atoms with Crippen molar-refractivity contribution in [2.45, 2.75) is 37.6 Å². The van der Waals surface area contributed by atoms with E-state index >= 15 is 0 Å². The van der Waals surface area contributed by atoms with Crippen LogP contribution in [0.4, 0.5) is 0 Å². The van der Waals surface area contributed by atoms with E-state index in [-0.39, 0.29) is 11.9 Å². The van der Waals surface area contributed by atoms with Crippen LogP contribution in [0.1, 0.15) is 26.2 Å². The molecular formula is C8H16N2OS. The number of amides is 1. The second kappa shape index (κ2) is 4.72. The van der Waals surface area contributed by atoms with Gasteiger partial charge in [-0.2, -0.15) is 0 Å². The van der Waals surface area contributed by atoms with Gasteiger partial charge in [0, 0.05) is 5.75 Å². The zero-order chi connectivity index (χ0) is 8.97. The molecule has 70 valence electrons. The van der Waals surface area contributed by atoms with Crippen LogP contribution >= 0.6 is 11.8 Å². The number of hydrogen-bond donors (Lipinski definition) is 2. The van der Waals surface area contributed by atoms with Gasteiger partial charge in [-0.15, -0.1) is 11.8 Å². The molecule has 0 aromatic carbocycles. The van der Waals surface area contributed by atoms with Crippen molar-refractivity contribution >= 4 is 17.7 Å². The number of nitrogens with two attached hydrogens (primary N) is 1. The summed E-state index contributed by atoms with van der Waals surface area (Å²) < 4.78 is 0. The third-order valence-electron chi connectivity index (χ3n) is 2.01. The lowest BCUT2D eigenvalue weighted by Crippen LogP contribution is -2.40. The van der Waals surface area contributed by atoms with Gasteiger partial charge in [0.2, 0.25) is 5.91 Å². The van der Waals surface area contributed by atoms with Crippen molar-refractivity contribution in [3.63, 3.8) is 0 Å². The van der Waals surface area contributed by atoms with Crippen molar-refractivity contribution in [3.05, 3.63) is 0 Å². The summed E-state index contributed by atoms with van der Waals surface area (Å²) in [6.07, 6.45) is 3.57. The molecule has 4 heteroatoms. The first-order valence-corrected chi connectivity index (χ1v) is 5.46. The Hall–Kier alpha value is -0.220. The number of unbranched alkanes of at least 4 members (excludes halogenated alkanes) is 1. The van der Waals surface area contributed by atoms with Gasteiger partial charge >= 0.3 is 0 Å². The SMILES string of the molecule is CCCCC1N[C@H](C(N)=O)CS1. The fraction of sp³-hybridized carbons (Fsp3) is 0.875. The molecule has 0 aliphatic carbocycles. The van der Waals surface area contributed by atoms with Gasteiger partial charge in [0.25, 0.3) is 0 Å². The van der Waals surface area contributed by atoms with E-state index in [1.165, 1.54) is 12.8 Å². The average Bonchev–Trinajstić information content (AvgIpc) is 2.48. The first-order valence-electron chi connectivity index (χ1n) is 4.41. The van der Waals surface area contributed by atoms with E-state index in [9.17, 15) is 4.79 Å². The Morgan fingerprint density at radius 2 is 2.50 bits per heavy atom. The molecule has 3 nitrogen and oxygen atoms in total. The Bertz CT molecular complexity index is 163. The highest BCUT2D eigenvalue weighted by molar-refractivity contribution is 8.00. The van der Waals surface area contributed by atoms with Gasteiger partial charge in [-0.1, -0.05) is 19.8 Å². The lowest BCUT2D eigenvalue weighted by molar-refractivity contribution is -0.119. The van der Waals surface area contributed by atoms with Gasteiger partial charge in [-0.25, -0.2) is 0 Å². The Morgan fingerprint density at radius 1 is 1.75 bits per heavy atom. The Morgan fingerprint density at radius 3 is 3.00 bits per heavy atom. The Kier molecular flexibility index (Phi) is 3.88. The molecule has 2 atom stereocenters. The normalized spacial score (nSPS) is 29.1. The van der Waals surface area contributed by atoms with E-state index in [1.54, 1.807) is 11.8 Å². The Balaban J connectivity index is 2.21. The van der Waals surface area contributed by atoms with Crippen LogP contribution in [0.3, 0.4) is 0 Å². The number of nitrogens with one attached hydrogen (secondary N) is 1. The minimum atomic E-state index is -0.221. The second-order valence-corrected chi connectivity index (χ2v) is 4.32. The second-order valence-electron chi connectivity index (χ2n) is 3.09. The molecule has 1 unspecified atom stereocenters. The van der Waals surface area contributed by atoms with E-state index in [0.717, 1.165) is 12.2 Å². The van der Waals surface area contributed by atoms with Gasteiger partial charge < -0.3 is 5.73 Å². The van der Waals surface area contributed by atoms with E-state index in [1.807, 2.05) is 0 Å². The number of carbonyl (C=O) groups is 1. The Labute approximate surface area is 77.5 Å². The molecule has 1 heterocycles. The van der Waals surface area contributed by atoms with Gasteiger partial charge in [0.15, 0.2) is 0 Å². The molecule has 0 aromatic rings. The molecule has 1 fully saturated rings. The van der Waals surface area contributed by atoms with Gasteiger partial charge in [-0.05, 0) is 6.42 Å². The van der Waals surface area contributed by atoms with Crippen LogP contribution in [0.15, 0.2) is 0 Å². The van der Waals surface area contributed by atoms with E-state index in [4.69, 9.17) is 5.73 Å². The van der Waals surface area contributed by atoms with Crippen molar-refractivity contribution < 1.29 is 4.79 Å². The van der Waals surface area contributed by atoms with E-state index in [2.05, 4.69) is 12.2 Å². The molecule has 12 heavy (non-hydrogen) atoms. The van der Waals surface area contributed by atoms with Crippen molar-refractivity contribution in [2.75, 3.05) is 5.75 Å². The molecule has 0 radical (unpaired) electrons. The summed E-state index contributed by atoms with van der Waals surface area (Å²) in [6.45, 7) is 2.17. The predicted molar refractivity (Wildman–Crippen MR) is 51.9 cm³/mol. The molecule has 1 aliphatic heterocycles. The monoisotopic (exact) mass is 188 g/mol. The topological polar surface area (TPSA) is 55.1 Å². The van der Waals surface area contributed by atoms with Gasteiger partial charge in [0.05, 0.1) is 11.4 Å². The molecule has 0 saturated carbocycles. The molecule has 1 amide bonds. The zero-order valence-corrected chi connectivity index (χ0v) is 8.19. The van der Waals surface area contributed by atoms with Crippen LogP contribution < -0.4 is 11.1 Å². The molecule has 1 rings (SSSR count). The number of primary amides is 1. The molecule has 0 bridgehead atoms. The van der Waals surface area contributed by atoms with Crippen LogP contribution in [0.2, 0.25) is 0 Å². The molecule has 0 aromatic heterocycles. The minimum absolute atomic E-state index is 0.100. The molecule has 1 saturated heterocycles. The predicted octanol–water partition coefficient (Wildman–Crippen LogP) is 0.693. The smallest absolute Gasteiger partial charge is 0.235 e. The van der Waals surface area contributed by atoms with Crippen LogP contribution in [0.5, 0.6) is 0 Å². The maximum Gasteiger partial charge on any atom is 0.235 e. The fourth-order valence-electron chi connectivity index (χ4n) is 1.25. The first kappa shape index (κ1) is 9.86. The van der Waals surface area contributed by atoms with E-state index < -0.39 is 0 Å². The molecule has 0 spiro atoms. The lowest BCUT2D eigenvalue weighted by atomic mass is 10.2. The number of hydrogen-bond acceptors (Lipinski definition) is 3. The quantitative estimate of drug-likeness (QED) is 0.682. The zero-order valence-electron chi connectivity index (χ0n) is 7.38. The minimum Gasteiger partial charge on any atom is -0.368 e. The standard InChI is InChI=1S/C8H16N2OS/c1-2-3-4-7-10-6(5-12-7)8(9)11/h6-7,10H,2-5H2,1H3,(H2,9,11)/t6-,7?/m0/s1. The first-order chi connectivity index (χ1) is 5.74. The summed E-state index contributed by atoms with van der Waals surface area (Å²) in [7, 11) is 0. The average molecular weight is 188 g/mol. The summed E-state index contributed by atoms with van der Waals surface area (Å²) in [5.74, 6) is 0.616. The molecule has 3 N–H and O–H groups in total. The van der Waals surface area contributed by atoms with E-state index in [0.29, 0.717) is 5.37 Å². The molecule has 1 aliphatic rings. The number of rotatable bonds is 4. The van der Waals surface area contributed by atoms with Crippen molar-refractivity contribution in [1.82, 2.24) is 5.32 Å². The van der Waals surface area contributed by atoms with Crippen LogP contribution in [-0.4, -0.2) is 23.1 Å². The third-order valence-corrected chi connectivity index (χ3v) is 3.31. The summed E-state index contributed by atoms with van der Waals surface area (Å²) in [5, 5.41) is 3.66. The van der Waals surface area contributed by atoms with Crippen LogP contribution in [0, 0.1) is 0 Å². The summed E-state index contributed by atoms with van der Waals surface area (Å²) in [6, 6.07) is -0.100. The summed E-state index contributed by atoms with van der Waals surface area (Å²) >= 11 is 1.81. The number of carbonyl (C=O) groups excluding carboxylic acids is 1. The van der Waals surface area contributed by atoms with Gasteiger partial charge in [-0.3, -0.25) is 10.1 Å². The molecular weight excluding hydrogens is 172 g/mol. The number of thioether (sulfide) groups is 1. The van der Waals surface area contributed by atoms with Crippen LogP contribution in [0.25, 0.3) is 0 Å².